The Bertz CT molecular complexity index is 993. The van der Waals surface area contributed by atoms with Crippen LogP contribution in [0.3, 0.4) is 0 Å². The van der Waals surface area contributed by atoms with Gasteiger partial charge in [-0.1, -0.05) is 25.0 Å². The number of nitrogens with one attached hydrogen (secondary N) is 2. The van der Waals surface area contributed by atoms with E-state index in [2.05, 4.69) is 45.2 Å². The lowest BCUT2D eigenvalue weighted by Crippen LogP contribution is -2.46. The van der Waals surface area contributed by atoms with Crippen molar-refractivity contribution in [2.24, 2.45) is 0 Å². The Labute approximate surface area is 196 Å². The first-order valence-electron chi connectivity index (χ1n) is 12.0. The Hall–Kier alpha value is -1.96. The number of pyridine rings is 1. The fourth-order valence-electron chi connectivity index (χ4n) is 4.93. The number of rotatable bonds is 7. The number of aromatic nitrogens is 1. The molecule has 6 nitrogen and oxygen atoms in total. The maximum Gasteiger partial charge on any atom is 0.253 e. The van der Waals surface area contributed by atoms with Gasteiger partial charge in [0.25, 0.3) is 5.56 Å². The minimum absolute atomic E-state index is 0.00989. The Balaban J connectivity index is 1.45. The van der Waals surface area contributed by atoms with Gasteiger partial charge in [0, 0.05) is 36.6 Å². The van der Waals surface area contributed by atoms with Gasteiger partial charge in [-0.15, -0.1) is 0 Å². The Morgan fingerprint density at radius 2 is 1.94 bits per heavy atom. The zero-order valence-electron chi connectivity index (χ0n) is 19.4. The molecule has 2 fully saturated rings. The molecule has 0 radical (unpaired) electrons. The second-order valence-corrected chi connectivity index (χ2v) is 9.60. The Kier molecular flexibility index (Phi) is 7.81. The van der Waals surface area contributed by atoms with E-state index in [-0.39, 0.29) is 5.56 Å². The molecular formula is C25H36N4O2S. The summed E-state index contributed by atoms with van der Waals surface area (Å²) in [5, 5.41) is 5.38. The number of morpholine rings is 1. The highest BCUT2D eigenvalue weighted by Gasteiger charge is 2.25. The van der Waals surface area contributed by atoms with Crippen LogP contribution in [0.25, 0.3) is 10.9 Å². The predicted octanol–water partition coefficient (Wildman–Crippen LogP) is 3.49. The lowest BCUT2D eigenvalue weighted by atomic mass is 10.0. The van der Waals surface area contributed by atoms with Crippen molar-refractivity contribution in [3.05, 3.63) is 45.2 Å². The van der Waals surface area contributed by atoms with Gasteiger partial charge >= 0.3 is 0 Å². The first-order valence-corrected chi connectivity index (χ1v) is 12.4. The second kappa shape index (κ2) is 10.8. The zero-order chi connectivity index (χ0) is 22.5. The second-order valence-electron chi connectivity index (χ2n) is 9.22. The number of aryl methyl sites for hydroxylation is 2. The van der Waals surface area contributed by atoms with E-state index in [9.17, 15) is 4.79 Å². The van der Waals surface area contributed by atoms with Crippen LogP contribution in [0.1, 0.15) is 48.8 Å². The molecule has 1 saturated carbocycles. The molecule has 1 aliphatic heterocycles. The summed E-state index contributed by atoms with van der Waals surface area (Å²) in [6.07, 6.45) is 5.78. The van der Waals surface area contributed by atoms with Crippen molar-refractivity contribution >= 4 is 28.2 Å². The quantitative estimate of drug-likeness (QED) is 0.491. The molecule has 32 heavy (non-hydrogen) atoms. The largest absolute Gasteiger partial charge is 0.379 e. The third kappa shape index (κ3) is 5.50. The van der Waals surface area contributed by atoms with Crippen molar-refractivity contribution in [3.8, 4) is 0 Å². The number of nitrogens with zero attached hydrogens (tertiary/aromatic N) is 2. The molecule has 2 aliphatic rings. The number of hydrogen-bond donors (Lipinski definition) is 2. The molecule has 2 N–H and O–H groups in total. The average molecular weight is 457 g/mol. The molecule has 0 spiro atoms. The molecule has 4 rings (SSSR count). The molecule has 2 heterocycles. The van der Waals surface area contributed by atoms with Crippen molar-refractivity contribution in [1.29, 1.82) is 0 Å². The number of benzene rings is 1. The minimum Gasteiger partial charge on any atom is -0.379 e. The van der Waals surface area contributed by atoms with Crippen molar-refractivity contribution in [1.82, 2.24) is 20.1 Å². The molecule has 1 aromatic carbocycles. The van der Waals surface area contributed by atoms with Gasteiger partial charge in [0.1, 0.15) is 0 Å². The van der Waals surface area contributed by atoms with Crippen LogP contribution in [0.15, 0.2) is 23.0 Å². The van der Waals surface area contributed by atoms with Crippen molar-refractivity contribution in [2.75, 3.05) is 39.4 Å². The Morgan fingerprint density at radius 3 is 2.69 bits per heavy atom. The van der Waals surface area contributed by atoms with Crippen LogP contribution in [0.5, 0.6) is 0 Å². The highest BCUT2D eigenvalue weighted by Crippen LogP contribution is 2.26. The molecule has 7 heteroatoms. The van der Waals surface area contributed by atoms with Crippen molar-refractivity contribution in [3.63, 3.8) is 0 Å². The van der Waals surface area contributed by atoms with Gasteiger partial charge in [0.15, 0.2) is 5.11 Å². The summed E-state index contributed by atoms with van der Waals surface area (Å²) in [7, 11) is 0. The molecule has 2 aromatic rings. The average Bonchev–Trinajstić information content (AvgIpc) is 3.33. The monoisotopic (exact) mass is 456 g/mol. The first-order chi connectivity index (χ1) is 15.5. The van der Waals surface area contributed by atoms with E-state index in [1.54, 1.807) is 0 Å². The van der Waals surface area contributed by atoms with Crippen LogP contribution >= 0.6 is 12.2 Å². The summed E-state index contributed by atoms with van der Waals surface area (Å²) in [4.78, 5) is 20.8. The Morgan fingerprint density at radius 1 is 1.22 bits per heavy atom. The summed E-state index contributed by atoms with van der Waals surface area (Å²) in [5.41, 5.74) is 3.99. The summed E-state index contributed by atoms with van der Waals surface area (Å²) in [6, 6.07) is 6.66. The number of thiocarbonyl (C=S) groups is 1. The molecule has 0 bridgehead atoms. The third-order valence-electron chi connectivity index (χ3n) is 6.92. The fraction of sp³-hybridized carbons (Fsp3) is 0.600. The standard InChI is InChI=1S/C25H36N4O2S/c1-18-8-9-19(2)23-22(18)16-20(24(30)27-23)17-29(21-6-3-4-7-21)25(32)26-10-5-11-28-12-14-31-15-13-28/h8-9,16,21H,3-7,10-15,17H2,1-2H3,(H,26,32)(H,27,30). The molecule has 0 amide bonds. The van der Waals surface area contributed by atoms with Crippen LogP contribution < -0.4 is 10.9 Å². The molecule has 0 unspecified atom stereocenters. The van der Waals surface area contributed by atoms with Gasteiger partial charge in [-0.3, -0.25) is 9.69 Å². The third-order valence-corrected chi connectivity index (χ3v) is 7.30. The fourth-order valence-corrected chi connectivity index (χ4v) is 5.24. The highest BCUT2D eigenvalue weighted by atomic mass is 32.1. The first kappa shape index (κ1) is 23.2. The van der Waals surface area contributed by atoms with E-state index >= 15 is 0 Å². The maximum atomic E-state index is 12.9. The van der Waals surface area contributed by atoms with Gasteiger partial charge in [-0.05, 0) is 69.1 Å². The van der Waals surface area contributed by atoms with Gasteiger partial charge in [-0.25, -0.2) is 0 Å². The van der Waals surface area contributed by atoms with E-state index in [1.165, 1.54) is 18.4 Å². The van der Waals surface area contributed by atoms with E-state index in [1.807, 2.05) is 6.92 Å². The summed E-state index contributed by atoms with van der Waals surface area (Å²) in [6.45, 7) is 10.3. The predicted molar refractivity (Wildman–Crippen MR) is 134 cm³/mol. The maximum absolute atomic E-state index is 12.9. The van der Waals surface area contributed by atoms with Crippen molar-refractivity contribution in [2.45, 2.75) is 58.5 Å². The zero-order valence-corrected chi connectivity index (χ0v) is 20.2. The van der Waals surface area contributed by atoms with Crippen molar-refractivity contribution < 1.29 is 4.74 Å². The van der Waals surface area contributed by atoms with Crippen LogP contribution in [0, 0.1) is 13.8 Å². The molecule has 174 valence electrons. The topological polar surface area (TPSA) is 60.6 Å². The summed E-state index contributed by atoms with van der Waals surface area (Å²) < 4.78 is 5.43. The van der Waals surface area contributed by atoms with Crippen LogP contribution in [-0.4, -0.2) is 65.3 Å². The number of hydrogen-bond acceptors (Lipinski definition) is 4. The number of H-pyrrole nitrogens is 1. The van der Waals surface area contributed by atoms with Gasteiger partial charge in [0.2, 0.25) is 0 Å². The van der Waals surface area contributed by atoms with E-state index in [0.29, 0.717) is 12.6 Å². The molecule has 1 aromatic heterocycles. The molecule has 0 atom stereocenters. The van der Waals surface area contributed by atoms with E-state index in [0.717, 1.165) is 85.8 Å². The van der Waals surface area contributed by atoms with Gasteiger partial charge < -0.3 is 19.9 Å². The number of aromatic amines is 1. The highest BCUT2D eigenvalue weighted by molar-refractivity contribution is 7.80. The summed E-state index contributed by atoms with van der Waals surface area (Å²) >= 11 is 5.84. The van der Waals surface area contributed by atoms with Gasteiger partial charge in [0.05, 0.1) is 25.3 Å². The van der Waals surface area contributed by atoms with E-state index < -0.39 is 0 Å². The minimum atomic E-state index is -0.00989. The van der Waals surface area contributed by atoms with Crippen LogP contribution in [-0.2, 0) is 11.3 Å². The molecular weight excluding hydrogens is 420 g/mol. The molecule has 1 aliphatic carbocycles. The van der Waals surface area contributed by atoms with Gasteiger partial charge in [-0.2, -0.15) is 0 Å². The SMILES string of the molecule is Cc1ccc(C)c2[nH]c(=O)c(CN(C(=S)NCCCN3CCOCC3)C3CCCC3)cc12. The summed E-state index contributed by atoms with van der Waals surface area (Å²) in [5.74, 6) is 0. The lowest BCUT2D eigenvalue weighted by molar-refractivity contribution is 0.0375. The lowest BCUT2D eigenvalue weighted by Gasteiger charge is -2.32. The normalized spacial score (nSPS) is 17.7. The molecule has 1 saturated heterocycles. The van der Waals surface area contributed by atoms with E-state index in [4.69, 9.17) is 17.0 Å². The smallest absolute Gasteiger partial charge is 0.253 e. The van der Waals surface area contributed by atoms with Crippen LogP contribution in [0.4, 0.5) is 0 Å². The van der Waals surface area contributed by atoms with Crippen LogP contribution in [0.2, 0.25) is 0 Å². The number of ether oxygens (including phenoxy) is 1. The number of fused-ring (bicyclic) bond motifs is 1.